The highest BCUT2D eigenvalue weighted by atomic mass is 35.5. The summed E-state index contributed by atoms with van der Waals surface area (Å²) in [6.45, 7) is 4.54. The second kappa shape index (κ2) is 8.95. The van der Waals surface area contributed by atoms with Gasteiger partial charge in [-0.05, 0) is 43.3 Å². The van der Waals surface area contributed by atoms with Crippen molar-refractivity contribution in [2.75, 3.05) is 25.0 Å². The Kier molecular flexibility index (Phi) is 5.63. The Morgan fingerprint density at radius 3 is 3.00 bits per heavy atom. The van der Waals surface area contributed by atoms with Crippen LogP contribution in [0.2, 0.25) is 5.02 Å². The van der Waals surface area contributed by atoms with Crippen molar-refractivity contribution in [2.45, 2.75) is 25.9 Å². The molecule has 4 heterocycles. The molecule has 180 valence electrons. The lowest BCUT2D eigenvalue weighted by atomic mass is 10.2. The van der Waals surface area contributed by atoms with Gasteiger partial charge in [-0.15, -0.1) is 0 Å². The van der Waals surface area contributed by atoms with Gasteiger partial charge >= 0.3 is 0 Å². The number of aromatic amines is 1. The van der Waals surface area contributed by atoms with Crippen LogP contribution in [0.1, 0.15) is 18.4 Å². The summed E-state index contributed by atoms with van der Waals surface area (Å²) in [4.78, 5) is 19.6. The second-order valence-corrected chi connectivity index (χ2v) is 9.11. The molecule has 2 aliphatic rings. The van der Waals surface area contributed by atoms with Gasteiger partial charge in [0.1, 0.15) is 29.5 Å². The third kappa shape index (κ3) is 4.36. The number of halogens is 2. The molecule has 0 amide bonds. The molecule has 2 aliphatic heterocycles. The van der Waals surface area contributed by atoms with Crippen molar-refractivity contribution >= 4 is 34.3 Å². The molecule has 1 fully saturated rings. The van der Waals surface area contributed by atoms with Crippen LogP contribution in [0.25, 0.3) is 16.7 Å². The quantitative estimate of drug-likeness (QED) is 0.402. The number of aliphatic imine (C=N–C) groups is 1. The molecule has 1 saturated heterocycles. The molecule has 2 unspecified atom stereocenters. The summed E-state index contributed by atoms with van der Waals surface area (Å²) < 4.78 is 21.5. The summed E-state index contributed by atoms with van der Waals surface area (Å²) in [5, 5.41) is 7.66. The van der Waals surface area contributed by atoms with Crippen LogP contribution < -0.4 is 10.6 Å². The monoisotopic (exact) mass is 494 g/mol. The maximum absolute atomic E-state index is 14.0. The number of anilines is 1. The fraction of sp³-hybridized carbons (Fsp3) is 0.292. The minimum Gasteiger partial charge on any atom is -0.376 e. The number of benzene rings is 2. The molecule has 35 heavy (non-hydrogen) atoms. The summed E-state index contributed by atoms with van der Waals surface area (Å²) in [7, 11) is 0. The lowest BCUT2D eigenvalue weighted by molar-refractivity contribution is -0.0324. The van der Waals surface area contributed by atoms with E-state index in [0.717, 1.165) is 35.8 Å². The van der Waals surface area contributed by atoms with E-state index in [1.807, 2.05) is 28.8 Å². The number of nitrogens with one attached hydrogen (secondary N) is 3. The summed E-state index contributed by atoms with van der Waals surface area (Å²) >= 11 is 6.11. The predicted molar refractivity (Wildman–Crippen MR) is 132 cm³/mol. The Morgan fingerprint density at radius 2 is 2.14 bits per heavy atom. The summed E-state index contributed by atoms with van der Waals surface area (Å²) in [6.07, 6.45) is 1.56. The third-order valence-electron chi connectivity index (χ3n) is 6.14. The molecule has 6 rings (SSSR count). The molecular formula is C24H24ClFN8O. The van der Waals surface area contributed by atoms with E-state index in [4.69, 9.17) is 21.3 Å². The summed E-state index contributed by atoms with van der Waals surface area (Å²) in [5.74, 6) is 1.79. The maximum atomic E-state index is 14.0. The average molecular weight is 495 g/mol. The molecule has 0 spiro atoms. The highest BCUT2D eigenvalue weighted by Gasteiger charge is 2.32. The number of nitrogens with zero attached hydrogens (tertiary/aromatic N) is 5. The second-order valence-electron chi connectivity index (χ2n) is 8.67. The predicted octanol–water partition coefficient (Wildman–Crippen LogP) is 3.51. The Bertz CT molecular complexity index is 1420. The van der Waals surface area contributed by atoms with Crippen LogP contribution in [0.15, 0.2) is 53.8 Å². The Morgan fingerprint density at radius 1 is 1.23 bits per heavy atom. The number of ether oxygens (including phenoxy) is 1. The van der Waals surface area contributed by atoms with Crippen molar-refractivity contribution in [1.82, 2.24) is 29.7 Å². The summed E-state index contributed by atoms with van der Waals surface area (Å²) in [6, 6.07) is 12.0. The molecule has 2 aromatic carbocycles. The fourth-order valence-electron chi connectivity index (χ4n) is 4.49. The van der Waals surface area contributed by atoms with Crippen molar-refractivity contribution in [3.63, 3.8) is 0 Å². The zero-order chi connectivity index (χ0) is 23.9. The first-order valence-electron chi connectivity index (χ1n) is 11.4. The molecule has 0 bridgehead atoms. The number of amidine groups is 1. The smallest absolute Gasteiger partial charge is 0.158 e. The van der Waals surface area contributed by atoms with Crippen LogP contribution in [0.3, 0.4) is 0 Å². The van der Waals surface area contributed by atoms with Gasteiger partial charge in [-0.2, -0.15) is 0 Å². The fourth-order valence-corrected chi connectivity index (χ4v) is 4.66. The normalized spacial score (nSPS) is 21.6. The minimum absolute atomic E-state index is 0.115. The molecule has 4 aromatic rings. The van der Waals surface area contributed by atoms with E-state index in [0.29, 0.717) is 35.4 Å². The first kappa shape index (κ1) is 22.0. The average Bonchev–Trinajstić information content (AvgIpc) is 3.46. The van der Waals surface area contributed by atoms with E-state index in [1.165, 1.54) is 12.1 Å². The lowest BCUT2D eigenvalue weighted by Crippen LogP contribution is -2.60. The van der Waals surface area contributed by atoms with Crippen molar-refractivity contribution < 1.29 is 9.13 Å². The van der Waals surface area contributed by atoms with Crippen molar-refractivity contribution in [3.05, 3.63) is 71.2 Å². The number of hydrogen-bond acceptors (Lipinski definition) is 6. The molecule has 2 atom stereocenters. The topological polar surface area (TPSA) is 95.4 Å². The van der Waals surface area contributed by atoms with Gasteiger partial charge in [0, 0.05) is 18.1 Å². The maximum Gasteiger partial charge on any atom is 0.158 e. The summed E-state index contributed by atoms with van der Waals surface area (Å²) in [5.41, 5.74) is 3.03. The molecule has 2 aromatic heterocycles. The Balaban J connectivity index is 1.36. The van der Waals surface area contributed by atoms with Crippen LogP contribution in [-0.2, 0) is 11.3 Å². The van der Waals surface area contributed by atoms with Crippen LogP contribution in [0.5, 0.6) is 0 Å². The number of aromatic nitrogens is 4. The number of H-pyrrole nitrogens is 1. The van der Waals surface area contributed by atoms with Crippen molar-refractivity contribution in [3.8, 4) is 5.69 Å². The molecule has 11 heteroatoms. The standard InChI is InChI=1S/C24H24ClFN8O/c1-14-12-33(7-8-35-14)24-31-22(27-11-20-29-18-6-5-15(25)9-19(18)30-20)21-23(32-24)34(13-28-21)17-4-2-3-16(26)10-17/h2-6,9-10,13-14,24,32H,7-8,11-12H2,1H3,(H,27,31)(H,29,30). The van der Waals surface area contributed by atoms with Crippen molar-refractivity contribution in [2.24, 2.45) is 4.99 Å². The van der Waals surface area contributed by atoms with E-state index in [1.54, 1.807) is 12.4 Å². The van der Waals surface area contributed by atoms with Gasteiger partial charge in [-0.25, -0.2) is 14.4 Å². The minimum atomic E-state index is -0.309. The van der Waals surface area contributed by atoms with Gasteiger partial charge in [0.05, 0.1) is 36.0 Å². The SMILES string of the molecule is CC1CN(C2NC(=NCc3nc4ccc(Cl)cc4[nH]3)c3ncn(-c4cccc(F)c4)c3N2)CCO1. The zero-order valence-electron chi connectivity index (χ0n) is 19.0. The first-order valence-corrected chi connectivity index (χ1v) is 11.8. The molecule has 9 nitrogen and oxygen atoms in total. The van der Waals surface area contributed by atoms with E-state index < -0.39 is 0 Å². The van der Waals surface area contributed by atoms with Crippen LogP contribution in [0, 0.1) is 5.82 Å². The Labute approximate surface area is 206 Å². The van der Waals surface area contributed by atoms with Gasteiger partial charge in [-0.1, -0.05) is 17.7 Å². The highest BCUT2D eigenvalue weighted by Crippen LogP contribution is 2.26. The third-order valence-corrected chi connectivity index (χ3v) is 6.38. The largest absolute Gasteiger partial charge is 0.376 e. The molecule has 0 saturated carbocycles. The van der Waals surface area contributed by atoms with Crippen LogP contribution >= 0.6 is 11.6 Å². The van der Waals surface area contributed by atoms with Gasteiger partial charge in [0.15, 0.2) is 12.1 Å². The van der Waals surface area contributed by atoms with Gasteiger partial charge < -0.3 is 20.4 Å². The van der Waals surface area contributed by atoms with E-state index >= 15 is 0 Å². The van der Waals surface area contributed by atoms with E-state index in [2.05, 4.69) is 37.4 Å². The van der Waals surface area contributed by atoms with Gasteiger partial charge in [-0.3, -0.25) is 14.5 Å². The molecule has 3 N–H and O–H groups in total. The molecule has 0 radical (unpaired) electrons. The molecular weight excluding hydrogens is 471 g/mol. The first-order chi connectivity index (χ1) is 17.0. The number of rotatable bonds is 4. The van der Waals surface area contributed by atoms with Gasteiger partial charge in [0.25, 0.3) is 0 Å². The van der Waals surface area contributed by atoms with E-state index in [9.17, 15) is 4.39 Å². The number of hydrogen-bond donors (Lipinski definition) is 3. The zero-order valence-corrected chi connectivity index (χ0v) is 19.8. The lowest BCUT2D eigenvalue weighted by Gasteiger charge is -2.40. The number of fused-ring (bicyclic) bond motifs is 2. The highest BCUT2D eigenvalue weighted by molar-refractivity contribution is 6.31. The van der Waals surface area contributed by atoms with Crippen LogP contribution in [-0.4, -0.2) is 62.3 Å². The van der Waals surface area contributed by atoms with Crippen molar-refractivity contribution in [1.29, 1.82) is 0 Å². The van der Waals surface area contributed by atoms with E-state index in [-0.39, 0.29) is 18.2 Å². The van der Waals surface area contributed by atoms with Crippen LogP contribution in [0.4, 0.5) is 10.2 Å². The number of morpholine rings is 1. The van der Waals surface area contributed by atoms with Gasteiger partial charge in [0.2, 0.25) is 0 Å². The molecule has 0 aliphatic carbocycles. The Hall–Kier alpha value is -3.47. The number of imidazole rings is 2.